The second-order valence-electron chi connectivity index (χ2n) is 6.64. The average Bonchev–Trinajstić information content (AvgIpc) is 3.07. The maximum absolute atomic E-state index is 12.7. The number of carbonyl (C=O) groups excluding carboxylic acids is 1. The normalized spacial score (nSPS) is 16.3. The highest BCUT2D eigenvalue weighted by Gasteiger charge is 2.33. The van der Waals surface area contributed by atoms with Crippen molar-refractivity contribution >= 4 is 29.2 Å². The molecule has 0 saturated heterocycles. The van der Waals surface area contributed by atoms with Gasteiger partial charge in [-0.2, -0.15) is 5.10 Å². The van der Waals surface area contributed by atoms with Crippen LogP contribution in [0.5, 0.6) is 0 Å². The van der Waals surface area contributed by atoms with Crippen LogP contribution in [0.25, 0.3) is 0 Å². The van der Waals surface area contributed by atoms with Crippen molar-refractivity contribution in [1.82, 2.24) is 5.01 Å². The lowest BCUT2D eigenvalue weighted by Gasteiger charge is -2.22. The monoisotopic (exact) mass is 384 g/mol. The first-order valence-electron chi connectivity index (χ1n) is 8.88. The maximum atomic E-state index is 12.7. The van der Waals surface area contributed by atoms with Gasteiger partial charge in [-0.1, -0.05) is 59.6 Å². The maximum Gasteiger partial charge on any atom is 0.303 e. The van der Waals surface area contributed by atoms with Crippen molar-refractivity contribution in [3.63, 3.8) is 0 Å². The van der Waals surface area contributed by atoms with Crippen molar-refractivity contribution in [1.29, 1.82) is 0 Å². The van der Waals surface area contributed by atoms with Gasteiger partial charge < -0.3 is 5.11 Å². The van der Waals surface area contributed by atoms with E-state index in [1.807, 2.05) is 49.4 Å². The predicted molar refractivity (Wildman–Crippen MR) is 105 cm³/mol. The van der Waals surface area contributed by atoms with Gasteiger partial charge in [0.25, 0.3) is 0 Å². The Balaban J connectivity index is 1.87. The molecule has 2 aromatic carbocycles. The Morgan fingerprint density at radius 1 is 1.15 bits per heavy atom. The minimum absolute atomic E-state index is 0.0368. The van der Waals surface area contributed by atoms with E-state index in [9.17, 15) is 9.59 Å². The number of hydrazone groups is 1. The minimum atomic E-state index is -0.907. The van der Waals surface area contributed by atoms with E-state index in [1.54, 1.807) is 6.07 Å². The first-order chi connectivity index (χ1) is 13.0. The highest BCUT2D eigenvalue weighted by molar-refractivity contribution is 6.31. The molecule has 0 saturated carbocycles. The molecule has 0 aliphatic carbocycles. The minimum Gasteiger partial charge on any atom is -0.481 e. The van der Waals surface area contributed by atoms with Crippen LogP contribution < -0.4 is 0 Å². The molecule has 0 unspecified atom stereocenters. The number of amides is 1. The molecule has 2 aromatic rings. The molecular weight excluding hydrogens is 364 g/mol. The Morgan fingerprint density at radius 2 is 1.85 bits per heavy atom. The zero-order valence-corrected chi connectivity index (χ0v) is 15.8. The number of aliphatic carboxylic acids is 1. The zero-order chi connectivity index (χ0) is 19.4. The zero-order valence-electron chi connectivity index (χ0n) is 15.1. The third-order valence-electron chi connectivity index (χ3n) is 4.60. The molecule has 1 aliphatic rings. The fourth-order valence-electron chi connectivity index (χ4n) is 3.15. The number of nitrogens with zero attached hydrogens (tertiary/aromatic N) is 2. The Hall–Kier alpha value is -2.66. The summed E-state index contributed by atoms with van der Waals surface area (Å²) in [5.74, 6) is -1.10. The van der Waals surface area contributed by atoms with Crippen LogP contribution >= 0.6 is 11.6 Å². The molecule has 6 heteroatoms. The molecule has 1 aliphatic heterocycles. The summed E-state index contributed by atoms with van der Waals surface area (Å²) in [6, 6.07) is 15.2. The molecule has 0 spiro atoms. The molecule has 1 amide bonds. The van der Waals surface area contributed by atoms with Gasteiger partial charge >= 0.3 is 5.97 Å². The number of hydrogen-bond donors (Lipinski definition) is 1. The number of aryl methyl sites for hydroxylation is 1. The van der Waals surface area contributed by atoms with Crippen LogP contribution in [0.4, 0.5) is 0 Å². The van der Waals surface area contributed by atoms with Gasteiger partial charge in [0.05, 0.1) is 11.8 Å². The fourth-order valence-corrected chi connectivity index (χ4v) is 3.42. The van der Waals surface area contributed by atoms with Crippen molar-refractivity contribution in [3.8, 4) is 0 Å². The van der Waals surface area contributed by atoms with Crippen molar-refractivity contribution in [3.05, 3.63) is 70.2 Å². The summed E-state index contributed by atoms with van der Waals surface area (Å²) < 4.78 is 0. The number of carbonyl (C=O) groups is 2. The van der Waals surface area contributed by atoms with E-state index in [1.165, 1.54) is 5.01 Å². The molecule has 1 atom stereocenters. The molecule has 1 N–H and O–H groups in total. The van der Waals surface area contributed by atoms with E-state index in [-0.39, 0.29) is 31.2 Å². The van der Waals surface area contributed by atoms with Crippen molar-refractivity contribution in [2.45, 2.75) is 38.6 Å². The highest BCUT2D eigenvalue weighted by atomic mass is 35.5. The second kappa shape index (κ2) is 8.35. The van der Waals surface area contributed by atoms with Gasteiger partial charge in [0.2, 0.25) is 5.91 Å². The summed E-state index contributed by atoms with van der Waals surface area (Å²) in [5, 5.41) is 15.4. The molecule has 3 rings (SSSR count). The molecule has 27 heavy (non-hydrogen) atoms. The van der Waals surface area contributed by atoms with Gasteiger partial charge in [-0.3, -0.25) is 9.59 Å². The van der Waals surface area contributed by atoms with Gasteiger partial charge in [0.1, 0.15) is 0 Å². The average molecular weight is 385 g/mol. The first-order valence-corrected chi connectivity index (χ1v) is 9.26. The van der Waals surface area contributed by atoms with Gasteiger partial charge in [-0.25, -0.2) is 5.01 Å². The van der Waals surface area contributed by atoms with E-state index in [4.69, 9.17) is 16.7 Å². The third kappa shape index (κ3) is 4.55. The van der Waals surface area contributed by atoms with E-state index < -0.39 is 5.97 Å². The summed E-state index contributed by atoms with van der Waals surface area (Å²) in [6.45, 7) is 2.02. The standard InChI is InChI=1S/C21H21ClN2O3/c1-14-9-11-15(12-10-14)18-13-19(16-5-2-3-6-17(16)22)24(23-18)20(25)7-4-8-21(26)27/h2-3,5-6,9-12,19H,4,7-8,13H2,1H3,(H,26,27)/t19-/m1/s1. The van der Waals surface area contributed by atoms with Gasteiger partial charge in [0.15, 0.2) is 0 Å². The number of carboxylic acid groups (broad SMARTS) is 1. The largest absolute Gasteiger partial charge is 0.481 e. The Kier molecular flexibility index (Phi) is 5.91. The fraction of sp³-hybridized carbons (Fsp3) is 0.286. The molecule has 1 heterocycles. The lowest BCUT2D eigenvalue weighted by Crippen LogP contribution is -2.27. The van der Waals surface area contributed by atoms with Crippen LogP contribution in [-0.2, 0) is 9.59 Å². The molecule has 0 bridgehead atoms. The van der Waals surface area contributed by atoms with Crippen LogP contribution in [0.15, 0.2) is 53.6 Å². The van der Waals surface area contributed by atoms with Crippen molar-refractivity contribution < 1.29 is 14.7 Å². The topological polar surface area (TPSA) is 70.0 Å². The number of carboxylic acids is 1. The van der Waals surface area contributed by atoms with E-state index >= 15 is 0 Å². The predicted octanol–water partition coefficient (Wildman–Crippen LogP) is 4.58. The summed E-state index contributed by atoms with van der Waals surface area (Å²) >= 11 is 6.37. The summed E-state index contributed by atoms with van der Waals surface area (Å²) in [5.41, 5.74) is 3.79. The highest BCUT2D eigenvalue weighted by Crippen LogP contribution is 2.36. The Bertz CT molecular complexity index is 877. The molecule has 0 radical (unpaired) electrons. The lowest BCUT2D eigenvalue weighted by molar-refractivity contribution is -0.137. The quantitative estimate of drug-likeness (QED) is 0.792. The molecule has 0 fully saturated rings. The summed E-state index contributed by atoms with van der Waals surface area (Å²) in [4.78, 5) is 23.5. The van der Waals surface area contributed by atoms with Crippen LogP contribution in [0, 0.1) is 6.92 Å². The van der Waals surface area contributed by atoms with Crippen LogP contribution in [-0.4, -0.2) is 27.7 Å². The SMILES string of the molecule is Cc1ccc(C2=NN(C(=O)CCCC(=O)O)[C@@H](c3ccccc3Cl)C2)cc1. The number of rotatable bonds is 6. The van der Waals surface area contributed by atoms with Crippen molar-refractivity contribution in [2.24, 2.45) is 5.10 Å². The number of hydrogen-bond acceptors (Lipinski definition) is 3. The Morgan fingerprint density at radius 3 is 2.52 bits per heavy atom. The molecular formula is C21H21ClN2O3. The lowest BCUT2D eigenvalue weighted by atomic mass is 9.97. The number of halogens is 1. The second-order valence-corrected chi connectivity index (χ2v) is 7.05. The van der Waals surface area contributed by atoms with Crippen molar-refractivity contribution in [2.75, 3.05) is 0 Å². The summed E-state index contributed by atoms with van der Waals surface area (Å²) in [6.07, 6.45) is 0.954. The van der Waals surface area contributed by atoms with E-state index in [0.717, 1.165) is 22.4 Å². The van der Waals surface area contributed by atoms with Crippen LogP contribution in [0.1, 0.15) is 48.4 Å². The molecule has 5 nitrogen and oxygen atoms in total. The van der Waals surface area contributed by atoms with Gasteiger partial charge in [-0.15, -0.1) is 0 Å². The Labute approximate surface area is 163 Å². The first kappa shape index (κ1) is 19.1. The van der Waals surface area contributed by atoms with Gasteiger partial charge in [-0.05, 0) is 30.5 Å². The summed E-state index contributed by atoms with van der Waals surface area (Å²) in [7, 11) is 0. The van der Waals surface area contributed by atoms with E-state index in [2.05, 4.69) is 5.10 Å². The van der Waals surface area contributed by atoms with Crippen LogP contribution in [0.3, 0.4) is 0 Å². The van der Waals surface area contributed by atoms with E-state index in [0.29, 0.717) is 11.4 Å². The smallest absolute Gasteiger partial charge is 0.303 e. The third-order valence-corrected chi connectivity index (χ3v) is 4.94. The number of benzene rings is 2. The van der Waals surface area contributed by atoms with Crippen LogP contribution in [0.2, 0.25) is 5.02 Å². The molecule has 0 aromatic heterocycles. The molecule has 140 valence electrons. The van der Waals surface area contributed by atoms with Gasteiger partial charge in [0, 0.05) is 24.3 Å².